The van der Waals surface area contributed by atoms with Crippen molar-refractivity contribution in [3.8, 4) is 6.07 Å². The number of carbonyl (C=O) groups excluding carboxylic acids is 1. The Kier molecular flexibility index (Phi) is 4.10. The molecule has 0 saturated heterocycles. The molecular formula is C14H19N3O. The fraction of sp³-hybridized carbons (Fsp3) is 0.429. The van der Waals surface area contributed by atoms with Crippen molar-refractivity contribution in [2.24, 2.45) is 11.1 Å². The first-order valence-corrected chi connectivity index (χ1v) is 5.80. The van der Waals surface area contributed by atoms with E-state index in [1.54, 1.807) is 31.3 Å². The third-order valence-corrected chi connectivity index (χ3v) is 2.91. The molecule has 0 aliphatic heterocycles. The number of hydrogen-bond donors (Lipinski definition) is 1. The summed E-state index contributed by atoms with van der Waals surface area (Å²) in [5, 5.41) is 8.72. The van der Waals surface area contributed by atoms with Gasteiger partial charge in [-0.3, -0.25) is 4.79 Å². The number of nitriles is 1. The van der Waals surface area contributed by atoms with Crippen molar-refractivity contribution in [3.63, 3.8) is 0 Å². The number of nitrogens with two attached hydrogens (primary N) is 1. The van der Waals surface area contributed by atoms with Crippen LogP contribution in [-0.2, 0) is 4.79 Å². The Bertz CT molecular complexity index is 465. The van der Waals surface area contributed by atoms with Crippen molar-refractivity contribution in [2.45, 2.75) is 26.8 Å². The normalized spacial score (nSPS) is 12.7. The van der Waals surface area contributed by atoms with E-state index in [0.29, 0.717) is 5.56 Å². The van der Waals surface area contributed by atoms with Crippen molar-refractivity contribution in [3.05, 3.63) is 29.8 Å². The highest BCUT2D eigenvalue weighted by molar-refractivity contribution is 5.97. The third kappa shape index (κ3) is 3.08. The van der Waals surface area contributed by atoms with E-state index in [1.165, 1.54) is 4.90 Å². The largest absolute Gasteiger partial charge is 0.319 e. The molecule has 0 radical (unpaired) electrons. The molecule has 18 heavy (non-hydrogen) atoms. The van der Waals surface area contributed by atoms with Crippen LogP contribution in [-0.4, -0.2) is 19.0 Å². The molecule has 0 aliphatic carbocycles. The molecule has 0 heterocycles. The van der Waals surface area contributed by atoms with Crippen LogP contribution < -0.4 is 10.6 Å². The van der Waals surface area contributed by atoms with E-state index < -0.39 is 6.04 Å². The van der Waals surface area contributed by atoms with Gasteiger partial charge in [0.05, 0.1) is 17.7 Å². The average Bonchev–Trinajstić information content (AvgIpc) is 2.35. The number of amides is 1. The van der Waals surface area contributed by atoms with Crippen molar-refractivity contribution in [1.82, 2.24) is 0 Å². The number of rotatable bonds is 2. The lowest BCUT2D eigenvalue weighted by molar-refractivity contribution is -0.121. The maximum absolute atomic E-state index is 12.2. The van der Waals surface area contributed by atoms with E-state index in [1.807, 2.05) is 26.8 Å². The highest BCUT2D eigenvalue weighted by Crippen LogP contribution is 2.21. The molecule has 0 unspecified atom stereocenters. The van der Waals surface area contributed by atoms with Crippen LogP contribution in [0.1, 0.15) is 26.3 Å². The van der Waals surface area contributed by atoms with Gasteiger partial charge in [-0.15, -0.1) is 0 Å². The summed E-state index contributed by atoms with van der Waals surface area (Å²) in [6, 6.07) is 8.33. The second kappa shape index (κ2) is 5.19. The zero-order valence-electron chi connectivity index (χ0n) is 11.3. The minimum absolute atomic E-state index is 0.132. The average molecular weight is 245 g/mol. The van der Waals surface area contributed by atoms with E-state index in [2.05, 4.69) is 0 Å². The molecule has 1 aromatic carbocycles. The molecule has 4 nitrogen and oxygen atoms in total. The Balaban J connectivity index is 2.90. The maximum atomic E-state index is 12.2. The van der Waals surface area contributed by atoms with Crippen LogP contribution in [0.5, 0.6) is 0 Å². The number of likely N-dealkylation sites (N-methyl/N-ethyl adjacent to an activating group) is 1. The predicted molar refractivity (Wildman–Crippen MR) is 72.0 cm³/mol. The Morgan fingerprint density at radius 2 is 1.83 bits per heavy atom. The quantitative estimate of drug-likeness (QED) is 0.865. The molecule has 0 spiro atoms. The monoisotopic (exact) mass is 245 g/mol. The Morgan fingerprint density at radius 3 is 2.22 bits per heavy atom. The van der Waals surface area contributed by atoms with Crippen molar-refractivity contribution in [1.29, 1.82) is 5.26 Å². The van der Waals surface area contributed by atoms with Crippen molar-refractivity contribution >= 4 is 11.6 Å². The molecule has 0 aliphatic rings. The van der Waals surface area contributed by atoms with Gasteiger partial charge in [-0.1, -0.05) is 20.8 Å². The van der Waals surface area contributed by atoms with Crippen molar-refractivity contribution < 1.29 is 4.79 Å². The van der Waals surface area contributed by atoms with Gasteiger partial charge in [0.15, 0.2) is 0 Å². The lowest BCUT2D eigenvalue weighted by Crippen LogP contribution is -2.49. The molecule has 0 saturated carbocycles. The van der Waals surface area contributed by atoms with Gasteiger partial charge in [0, 0.05) is 12.7 Å². The molecule has 96 valence electrons. The second-order valence-corrected chi connectivity index (χ2v) is 5.40. The van der Waals surface area contributed by atoms with Gasteiger partial charge in [-0.05, 0) is 29.7 Å². The van der Waals surface area contributed by atoms with E-state index in [0.717, 1.165) is 5.69 Å². The third-order valence-electron chi connectivity index (χ3n) is 2.91. The minimum atomic E-state index is -0.557. The molecule has 0 aromatic heterocycles. The topological polar surface area (TPSA) is 70.1 Å². The summed E-state index contributed by atoms with van der Waals surface area (Å²) in [6.07, 6.45) is 0. The molecule has 0 bridgehead atoms. The van der Waals surface area contributed by atoms with Gasteiger partial charge in [-0.2, -0.15) is 5.26 Å². The number of anilines is 1. The van der Waals surface area contributed by atoms with Gasteiger partial charge in [0.1, 0.15) is 0 Å². The van der Waals surface area contributed by atoms with Crippen LogP contribution in [0, 0.1) is 16.7 Å². The zero-order chi connectivity index (χ0) is 13.9. The Hall–Kier alpha value is -1.86. The minimum Gasteiger partial charge on any atom is -0.319 e. The maximum Gasteiger partial charge on any atom is 0.244 e. The summed E-state index contributed by atoms with van der Waals surface area (Å²) in [4.78, 5) is 13.7. The standard InChI is InChI=1S/C14H19N3O/c1-14(2,3)12(16)13(18)17(4)11-7-5-10(9-15)6-8-11/h5-8,12H,16H2,1-4H3/t12-/m0/s1. The SMILES string of the molecule is CN(C(=O)[C@H](N)C(C)(C)C)c1ccc(C#N)cc1. The fourth-order valence-corrected chi connectivity index (χ4v) is 1.47. The van der Waals surface area contributed by atoms with Gasteiger partial charge in [-0.25, -0.2) is 0 Å². The highest BCUT2D eigenvalue weighted by atomic mass is 16.2. The zero-order valence-corrected chi connectivity index (χ0v) is 11.3. The summed E-state index contributed by atoms with van der Waals surface area (Å²) in [5.74, 6) is -0.132. The molecule has 1 rings (SSSR count). The van der Waals surface area contributed by atoms with Crippen LogP contribution in [0.15, 0.2) is 24.3 Å². The summed E-state index contributed by atoms with van der Waals surface area (Å²) >= 11 is 0. The van der Waals surface area contributed by atoms with Crippen LogP contribution >= 0.6 is 0 Å². The van der Waals surface area contributed by atoms with Crippen LogP contribution in [0.3, 0.4) is 0 Å². The summed E-state index contributed by atoms with van der Waals surface area (Å²) in [6.45, 7) is 5.80. The van der Waals surface area contributed by atoms with Gasteiger partial charge in [0.2, 0.25) is 5.91 Å². The summed E-state index contributed by atoms with van der Waals surface area (Å²) in [5.41, 5.74) is 6.97. The van der Waals surface area contributed by atoms with Gasteiger partial charge >= 0.3 is 0 Å². The van der Waals surface area contributed by atoms with E-state index in [9.17, 15) is 4.79 Å². The van der Waals surface area contributed by atoms with Crippen molar-refractivity contribution in [2.75, 3.05) is 11.9 Å². The summed E-state index contributed by atoms with van der Waals surface area (Å²) < 4.78 is 0. The molecule has 1 atom stereocenters. The smallest absolute Gasteiger partial charge is 0.244 e. The highest BCUT2D eigenvalue weighted by Gasteiger charge is 2.30. The molecule has 1 amide bonds. The van der Waals surface area contributed by atoms with E-state index in [4.69, 9.17) is 11.0 Å². The number of hydrogen-bond acceptors (Lipinski definition) is 3. The molecule has 2 N–H and O–H groups in total. The summed E-state index contributed by atoms with van der Waals surface area (Å²) in [7, 11) is 1.69. The van der Waals surface area contributed by atoms with Gasteiger partial charge < -0.3 is 10.6 Å². The van der Waals surface area contributed by atoms with E-state index in [-0.39, 0.29) is 11.3 Å². The lowest BCUT2D eigenvalue weighted by Gasteiger charge is -2.30. The first kappa shape index (κ1) is 14.2. The van der Waals surface area contributed by atoms with Gasteiger partial charge in [0.25, 0.3) is 0 Å². The van der Waals surface area contributed by atoms with Crippen LogP contribution in [0.25, 0.3) is 0 Å². The fourth-order valence-electron chi connectivity index (χ4n) is 1.47. The Morgan fingerprint density at radius 1 is 1.33 bits per heavy atom. The molecular weight excluding hydrogens is 226 g/mol. The van der Waals surface area contributed by atoms with Crippen LogP contribution in [0.2, 0.25) is 0 Å². The first-order valence-electron chi connectivity index (χ1n) is 5.80. The second-order valence-electron chi connectivity index (χ2n) is 5.40. The lowest BCUT2D eigenvalue weighted by atomic mass is 9.86. The number of nitrogens with zero attached hydrogens (tertiary/aromatic N) is 2. The molecule has 0 fully saturated rings. The van der Waals surface area contributed by atoms with E-state index >= 15 is 0 Å². The first-order chi connectivity index (χ1) is 8.27. The number of benzene rings is 1. The molecule has 1 aromatic rings. The predicted octanol–water partition coefficient (Wildman–Crippen LogP) is 1.89. The van der Waals surface area contributed by atoms with Crippen LogP contribution in [0.4, 0.5) is 5.69 Å². The molecule has 4 heteroatoms. The number of carbonyl (C=O) groups is 1. The Labute approximate surface area is 108 Å².